The Morgan fingerprint density at radius 1 is 1.14 bits per heavy atom. The van der Waals surface area contributed by atoms with Crippen molar-refractivity contribution < 1.29 is 4.79 Å². The number of nitrogens with one attached hydrogen (secondary N) is 2. The summed E-state index contributed by atoms with van der Waals surface area (Å²) in [5.41, 5.74) is 7.75. The van der Waals surface area contributed by atoms with Crippen LogP contribution in [0.15, 0.2) is 77.1 Å². The van der Waals surface area contributed by atoms with Gasteiger partial charge in [0.05, 0.1) is 12.0 Å². The number of amides is 1. The SMILES string of the molecule is N/C(Cl)=C\Nc1ccc(Cl)cc1-c1cc(=O)n(C(Cc2ccccc2)C(=O)NCCN2CCCC2)cn1. The summed E-state index contributed by atoms with van der Waals surface area (Å²) in [4.78, 5) is 33.5. The van der Waals surface area contributed by atoms with E-state index in [0.29, 0.717) is 34.9 Å². The van der Waals surface area contributed by atoms with E-state index in [-0.39, 0.29) is 16.6 Å². The quantitative estimate of drug-likeness (QED) is 0.336. The highest BCUT2D eigenvalue weighted by Gasteiger charge is 2.23. The summed E-state index contributed by atoms with van der Waals surface area (Å²) < 4.78 is 1.38. The molecule has 1 atom stereocenters. The van der Waals surface area contributed by atoms with Crippen LogP contribution in [0.5, 0.6) is 0 Å². The van der Waals surface area contributed by atoms with Gasteiger partial charge in [-0.3, -0.25) is 14.2 Å². The number of hydrogen-bond acceptors (Lipinski definition) is 6. The highest BCUT2D eigenvalue weighted by Crippen LogP contribution is 2.29. The minimum atomic E-state index is -0.744. The van der Waals surface area contributed by atoms with Crippen LogP contribution in [0.2, 0.25) is 5.02 Å². The van der Waals surface area contributed by atoms with E-state index in [1.807, 2.05) is 30.3 Å². The lowest BCUT2D eigenvalue weighted by atomic mass is 10.0. The Labute approximate surface area is 226 Å². The fourth-order valence-electron chi connectivity index (χ4n) is 4.41. The van der Waals surface area contributed by atoms with Crippen LogP contribution >= 0.6 is 23.2 Å². The predicted octanol–water partition coefficient (Wildman–Crippen LogP) is 3.97. The molecule has 2 heterocycles. The molecule has 1 fully saturated rings. The van der Waals surface area contributed by atoms with Gasteiger partial charge in [-0.15, -0.1) is 0 Å². The van der Waals surface area contributed by atoms with Crippen molar-refractivity contribution in [1.29, 1.82) is 0 Å². The van der Waals surface area contributed by atoms with E-state index >= 15 is 0 Å². The molecule has 0 radical (unpaired) electrons. The number of carbonyl (C=O) groups is 1. The van der Waals surface area contributed by atoms with Crippen LogP contribution in [0.4, 0.5) is 5.69 Å². The van der Waals surface area contributed by atoms with Gasteiger partial charge in [0.1, 0.15) is 11.2 Å². The first-order chi connectivity index (χ1) is 17.9. The van der Waals surface area contributed by atoms with Crippen LogP contribution in [0.3, 0.4) is 0 Å². The Bertz CT molecular complexity index is 1300. The van der Waals surface area contributed by atoms with E-state index in [4.69, 9.17) is 28.9 Å². The second kappa shape index (κ2) is 12.8. The summed E-state index contributed by atoms with van der Waals surface area (Å²) in [6, 6.07) is 15.4. The molecule has 8 nitrogen and oxygen atoms in total. The van der Waals surface area contributed by atoms with Crippen LogP contribution in [-0.2, 0) is 11.2 Å². The Kier molecular flexibility index (Phi) is 9.22. The summed E-state index contributed by atoms with van der Waals surface area (Å²) in [5, 5.41) is 6.57. The molecule has 2 aromatic carbocycles. The van der Waals surface area contributed by atoms with Gasteiger partial charge in [0.15, 0.2) is 0 Å². The molecule has 1 amide bonds. The molecule has 0 bridgehead atoms. The number of nitrogens with two attached hydrogens (primary N) is 1. The fourth-order valence-corrected chi connectivity index (χ4v) is 4.64. The topological polar surface area (TPSA) is 105 Å². The van der Waals surface area contributed by atoms with Gasteiger partial charge < -0.3 is 21.3 Å². The summed E-state index contributed by atoms with van der Waals surface area (Å²) in [6.45, 7) is 3.43. The molecular formula is C27H30Cl2N6O2. The predicted molar refractivity (Wildman–Crippen MR) is 149 cm³/mol. The number of nitrogens with zero attached hydrogens (tertiary/aromatic N) is 3. The molecule has 1 saturated heterocycles. The van der Waals surface area contributed by atoms with Gasteiger partial charge in [-0.2, -0.15) is 0 Å². The number of anilines is 1. The minimum Gasteiger partial charge on any atom is -0.388 e. The maximum absolute atomic E-state index is 13.3. The maximum Gasteiger partial charge on any atom is 0.254 e. The maximum atomic E-state index is 13.3. The third-order valence-electron chi connectivity index (χ3n) is 6.30. The smallest absolute Gasteiger partial charge is 0.254 e. The summed E-state index contributed by atoms with van der Waals surface area (Å²) in [6.07, 6.45) is 5.59. The molecule has 0 saturated carbocycles. The third kappa shape index (κ3) is 7.35. The van der Waals surface area contributed by atoms with Crippen molar-refractivity contribution in [3.8, 4) is 11.3 Å². The summed E-state index contributed by atoms with van der Waals surface area (Å²) in [5.74, 6) is -0.215. The molecule has 1 aliphatic rings. The number of benzene rings is 2. The summed E-state index contributed by atoms with van der Waals surface area (Å²) in [7, 11) is 0. The van der Waals surface area contributed by atoms with E-state index in [2.05, 4.69) is 20.5 Å². The van der Waals surface area contributed by atoms with Crippen molar-refractivity contribution in [3.63, 3.8) is 0 Å². The first-order valence-corrected chi connectivity index (χ1v) is 13.0. The number of hydrogen-bond donors (Lipinski definition) is 3. The van der Waals surface area contributed by atoms with Crippen LogP contribution in [0.25, 0.3) is 11.3 Å². The second-order valence-corrected chi connectivity index (χ2v) is 9.80. The zero-order valence-electron chi connectivity index (χ0n) is 20.4. The molecule has 0 aliphatic carbocycles. The molecule has 3 aromatic rings. The third-order valence-corrected chi connectivity index (χ3v) is 6.64. The zero-order chi connectivity index (χ0) is 26.2. The monoisotopic (exact) mass is 540 g/mol. The molecule has 1 unspecified atom stereocenters. The number of aromatic nitrogens is 2. The van der Waals surface area contributed by atoms with Gasteiger partial charge in [0, 0.05) is 48.1 Å². The Hall–Kier alpha value is -3.33. The molecule has 0 spiro atoms. The van der Waals surface area contributed by atoms with Crippen molar-refractivity contribution in [1.82, 2.24) is 19.8 Å². The highest BCUT2D eigenvalue weighted by atomic mass is 35.5. The average molecular weight is 541 g/mol. The average Bonchev–Trinajstić information content (AvgIpc) is 3.41. The van der Waals surface area contributed by atoms with Crippen LogP contribution in [0.1, 0.15) is 24.4 Å². The molecule has 194 valence electrons. The standard InChI is InChI=1S/C27H30Cl2N6O2/c28-20-8-9-22(32-17-25(29)30)21(15-20)23-16-26(36)35(18-33-23)24(14-19-6-2-1-3-7-19)27(37)31-10-13-34-11-4-5-12-34/h1-3,6-9,15-18,24,32H,4-5,10-14,30H2,(H,31,37)/b25-17-. The normalized spacial score (nSPS) is 14.9. The lowest BCUT2D eigenvalue weighted by Gasteiger charge is -2.21. The Morgan fingerprint density at radius 2 is 1.89 bits per heavy atom. The van der Waals surface area contributed by atoms with Crippen LogP contribution in [0, 0.1) is 0 Å². The Morgan fingerprint density at radius 3 is 2.59 bits per heavy atom. The van der Waals surface area contributed by atoms with Crippen LogP contribution in [-0.4, -0.2) is 46.5 Å². The molecule has 10 heteroatoms. The number of rotatable bonds is 10. The van der Waals surface area contributed by atoms with Gasteiger partial charge in [-0.05, 0) is 49.7 Å². The Balaban J connectivity index is 1.60. The minimum absolute atomic E-state index is 0.0729. The molecular weight excluding hydrogens is 511 g/mol. The molecule has 1 aromatic heterocycles. The number of likely N-dealkylation sites (tertiary alicyclic amines) is 1. The van der Waals surface area contributed by atoms with Gasteiger partial charge in [-0.1, -0.05) is 53.5 Å². The molecule has 1 aliphatic heterocycles. The zero-order valence-corrected chi connectivity index (χ0v) is 21.9. The molecule has 4 N–H and O–H groups in total. The van der Waals surface area contributed by atoms with E-state index in [1.54, 1.807) is 18.2 Å². The van der Waals surface area contributed by atoms with Gasteiger partial charge in [0.2, 0.25) is 5.91 Å². The first kappa shape index (κ1) is 26.7. The molecule has 4 rings (SSSR count). The van der Waals surface area contributed by atoms with Crippen molar-refractivity contribution in [2.75, 3.05) is 31.5 Å². The second-order valence-electron chi connectivity index (χ2n) is 8.93. The van der Waals surface area contributed by atoms with E-state index < -0.39 is 6.04 Å². The van der Waals surface area contributed by atoms with Crippen molar-refractivity contribution >= 4 is 34.8 Å². The molecule has 37 heavy (non-hydrogen) atoms. The van der Waals surface area contributed by atoms with Crippen LogP contribution < -0.4 is 21.9 Å². The van der Waals surface area contributed by atoms with Crippen molar-refractivity contribution in [2.24, 2.45) is 5.73 Å². The van der Waals surface area contributed by atoms with E-state index in [9.17, 15) is 9.59 Å². The lowest BCUT2D eigenvalue weighted by Crippen LogP contribution is -2.41. The van der Waals surface area contributed by atoms with Crippen molar-refractivity contribution in [3.05, 3.63) is 93.2 Å². The van der Waals surface area contributed by atoms with Gasteiger partial charge in [-0.25, -0.2) is 4.98 Å². The van der Waals surface area contributed by atoms with E-state index in [1.165, 1.54) is 36.0 Å². The largest absolute Gasteiger partial charge is 0.388 e. The fraction of sp³-hybridized carbons (Fsp3) is 0.296. The van der Waals surface area contributed by atoms with E-state index in [0.717, 1.165) is 25.2 Å². The highest BCUT2D eigenvalue weighted by molar-refractivity contribution is 6.31. The van der Waals surface area contributed by atoms with Gasteiger partial charge >= 0.3 is 0 Å². The number of halogens is 2. The van der Waals surface area contributed by atoms with Crippen molar-refractivity contribution in [2.45, 2.75) is 25.3 Å². The lowest BCUT2D eigenvalue weighted by molar-refractivity contribution is -0.124. The summed E-state index contributed by atoms with van der Waals surface area (Å²) >= 11 is 12.0. The first-order valence-electron chi connectivity index (χ1n) is 12.2. The van der Waals surface area contributed by atoms with Gasteiger partial charge in [0.25, 0.3) is 5.56 Å². The number of carbonyl (C=O) groups excluding carboxylic acids is 1.